The summed E-state index contributed by atoms with van der Waals surface area (Å²) < 4.78 is 16.2. The van der Waals surface area contributed by atoms with E-state index in [1.165, 1.54) is 12.0 Å². The summed E-state index contributed by atoms with van der Waals surface area (Å²) in [7, 11) is 1.46. The maximum Gasteiger partial charge on any atom is 0.407 e. The average Bonchev–Trinajstić information content (AvgIpc) is 3.00. The number of carboxylic acid groups (broad SMARTS) is 1. The molecule has 0 radical (unpaired) electrons. The van der Waals surface area contributed by atoms with Gasteiger partial charge in [-0.05, 0) is 22.3 Å². The fourth-order valence-corrected chi connectivity index (χ4v) is 4.60. The number of nitrogens with zero attached hydrogens (tertiary/aromatic N) is 1. The molecule has 2 unspecified atom stereocenters. The van der Waals surface area contributed by atoms with Crippen molar-refractivity contribution in [2.75, 3.05) is 46.6 Å². The lowest BCUT2D eigenvalue weighted by Crippen LogP contribution is -2.42. The van der Waals surface area contributed by atoms with Crippen molar-refractivity contribution < 1.29 is 33.7 Å². The van der Waals surface area contributed by atoms with E-state index in [1.54, 1.807) is 0 Å². The van der Waals surface area contributed by atoms with Crippen LogP contribution in [0.15, 0.2) is 48.5 Å². The van der Waals surface area contributed by atoms with Gasteiger partial charge in [-0.25, -0.2) is 4.79 Å². The van der Waals surface area contributed by atoms with Gasteiger partial charge in [0.1, 0.15) is 6.61 Å². The van der Waals surface area contributed by atoms with Crippen LogP contribution in [0.3, 0.4) is 0 Å². The van der Waals surface area contributed by atoms with Gasteiger partial charge >= 0.3 is 12.1 Å². The Morgan fingerprint density at radius 2 is 1.77 bits per heavy atom. The number of hydrogen-bond acceptors (Lipinski definition) is 6. The van der Waals surface area contributed by atoms with Crippen LogP contribution in [0.4, 0.5) is 4.79 Å². The molecule has 1 heterocycles. The predicted octanol–water partition coefficient (Wildman–Crippen LogP) is 2.49. The van der Waals surface area contributed by atoms with Crippen molar-refractivity contribution in [2.24, 2.45) is 5.92 Å². The first-order chi connectivity index (χ1) is 17.0. The Bertz CT molecular complexity index is 1030. The third-order valence-electron chi connectivity index (χ3n) is 6.52. The van der Waals surface area contributed by atoms with E-state index in [4.69, 9.17) is 14.2 Å². The first-order valence-corrected chi connectivity index (χ1v) is 11.7. The van der Waals surface area contributed by atoms with Gasteiger partial charge < -0.3 is 29.5 Å². The highest BCUT2D eigenvalue weighted by Gasteiger charge is 2.30. The lowest BCUT2D eigenvalue weighted by molar-refractivity contribution is -0.144. The van der Waals surface area contributed by atoms with Crippen LogP contribution < -0.4 is 5.32 Å². The Hall–Kier alpha value is -3.43. The van der Waals surface area contributed by atoms with Crippen molar-refractivity contribution in [2.45, 2.75) is 18.4 Å². The highest BCUT2D eigenvalue weighted by molar-refractivity contribution is 5.79. The Balaban J connectivity index is 1.28. The Kier molecular flexibility index (Phi) is 7.99. The number of alkyl carbamates (subject to hydrolysis) is 1. The lowest BCUT2D eigenvalue weighted by Gasteiger charge is -2.24. The zero-order chi connectivity index (χ0) is 24.8. The topological polar surface area (TPSA) is 114 Å². The van der Waals surface area contributed by atoms with E-state index < -0.39 is 24.1 Å². The minimum absolute atomic E-state index is 0.00644. The first-order valence-electron chi connectivity index (χ1n) is 11.7. The maximum atomic E-state index is 12.7. The molecule has 1 fully saturated rings. The molecule has 2 N–H and O–H groups in total. The van der Waals surface area contributed by atoms with Gasteiger partial charge in [-0.2, -0.15) is 0 Å². The predicted molar refractivity (Wildman–Crippen MR) is 127 cm³/mol. The molecule has 2 aromatic rings. The average molecular weight is 483 g/mol. The monoisotopic (exact) mass is 482 g/mol. The molecule has 4 rings (SSSR count). The summed E-state index contributed by atoms with van der Waals surface area (Å²) in [6.07, 6.45) is -1.15. The summed E-state index contributed by atoms with van der Waals surface area (Å²) >= 11 is 0. The number of benzene rings is 2. The normalized spacial score (nSPS) is 18.2. The summed E-state index contributed by atoms with van der Waals surface area (Å²) in [5, 5.41) is 11.9. The third-order valence-corrected chi connectivity index (χ3v) is 6.52. The minimum Gasteiger partial charge on any atom is -0.481 e. The summed E-state index contributed by atoms with van der Waals surface area (Å²) in [6, 6.07) is 16.2. The number of carbonyl (C=O) groups is 3. The molecule has 2 aliphatic rings. The molecule has 186 valence electrons. The summed E-state index contributed by atoms with van der Waals surface area (Å²) in [4.78, 5) is 37.9. The molecule has 0 saturated carbocycles. The van der Waals surface area contributed by atoms with E-state index >= 15 is 0 Å². The number of hydrogen-bond donors (Lipinski definition) is 2. The van der Waals surface area contributed by atoms with Gasteiger partial charge in [-0.3, -0.25) is 9.59 Å². The van der Waals surface area contributed by atoms with E-state index in [0.717, 1.165) is 22.3 Å². The zero-order valence-electron chi connectivity index (χ0n) is 19.6. The lowest BCUT2D eigenvalue weighted by atomic mass is 9.98. The molecular weight excluding hydrogens is 452 g/mol. The van der Waals surface area contributed by atoms with Gasteiger partial charge in [0.2, 0.25) is 5.91 Å². The summed E-state index contributed by atoms with van der Waals surface area (Å²) in [5.74, 6) is -2.05. The van der Waals surface area contributed by atoms with E-state index in [9.17, 15) is 19.5 Å². The third kappa shape index (κ3) is 5.80. The van der Waals surface area contributed by atoms with Gasteiger partial charge in [0.05, 0.1) is 31.7 Å². The SMILES string of the molecule is COC(CNC(=O)OCC1c2ccccc2-c2ccccc21)CC(=O)N1CCOCC(C(=O)O)C1. The molecule has 2 atom stereocenters. The number of nitrogens with one attached hydrogen (secondary N) is 1. The maximum absolute atomic E-state index is 12.7. The van der Waals surface area contributed by atoms with E-state index in [1.807, 2.05) is 24.3 Å². The highest BCUT2D eigenvalue weighted by atomic mass is 16.5. The molecule has 1 aliphatic heterocycles. The van der Waals surface area contributed by atoms with Gasteiger partial charge in [-0.15, -0.1) is 0 Å². The van der Waals surface area contributed by atoms with E-state index in [-0.39, 0.29) is 51.2 Å². The van der Waals surface area contributed by atoms with Crippen LogP contribution >= 0.6 is 0 Å². The fraction of sp³-hybridized carbons (Fsp3) is 0.423. The van der Waals surface area contributed by atoms with Gasteiger partial charge in [0.25, 0.3) is 0 Å². The number of ether oxygens (including phenoxy) is 3. The number of carboxylic acids is 1. The summed E-state index contributed by atoms with van der Waals surface area (Å²) in [5.41, 5.74) is 4.56. The summed E-state index contributed by atoms with van der Waals surface area (Å²) in [6.45, 7) is 1.05. The highest BCUT2D eigenvalue weighted by Crippen LogP contribution is 2.44. The number of fused-ring (bicyclic) bond motifs is 3. The standard InChI is InChI=1S/C26H30N2O7/c1-33-18(12-24(29)28-10-11-34-15-17(14-28)25(30)31)13-27-26(32)35-16-23-21-8-4-2-6-19(21)20-7-3-5-9-22(20)23/h2-9,17-18,23H,10-16H2,1H3,(H,27,32)(H,30,31). The van der Waals surface area contributed by atoms with Crippen LogP contribution in [0.2, 0.25) is 0 Å². The van der Waals surface area contributed by atoms with E-state index in [2.05, 4.69) is 29.6 Å². The van der Waals surface area contributed by atoms with Crippen molar-refractivity contribution in [1.82, 2.24) is 10.2 Å². The smallest absolute Gasteiger partial charge is 0.407 e. The largest absolute Gasteiger partial charge is 0.481 e. The Labute approximate surface area is 204 Å². The molecule has 2 amide bonds. The number of rotatable bonds is 8. The van der Waals surface area contributed by atoms with Crippen molar-refractivity contribution in [3.05, 3.63) is 59.7 Å². The second kappa shape index (κ2) is 11.3. The van der Waals surface area contributed by atoms with Gasteiger partial charge in [0.15, 0.2) is 0 Å². The van der Waals surface area contributed by atoms with Gasteiger partial charge in [-0.1, -0.05) is 48.5 Å². The van der Waals surface area contributed by atoms with Crippen LogP contribution in [-0.4, -0.2) is 80.6 Å². The van der Waals surface area contributed by atoms with Crippen molar-refractivity contribution in [3.63, 3.8) is 0 Å². The molecule has 0 bridgehead atoms. The second-order valence-electron chi connectivity index (χ2n) is 8.72. The van der Waals surface area contributed by atoms with Crippen molar-refractivity contribution >= 4 is 18.0 Å². The van der Waals surface area contributed by atoms with E-state index in [0.29, 0.717) is 6.54 Å². The quantitative estimate of drug-likeness (QED) is 0.594. The van der Waals surface area contributed by atoms with Gasteiger partial charge in [0, 0.05) is 32.7 Å². The van der Waals surface area contributed by atoms with Crippen LogP contribution in [0, 0.1) is 5.92 Å². The molecule has 35 heavy (non-hydrogen) atoms. The number of carbonyl (C=O) groups excluding carboxylic acids is 2. The molecule has 1 saturated heterocycles. The van der Waals surface area contributed by atoms with Crippen molar-refractivity contribution in [1.29, 1.82) is 0 Å². The zero-order valence-corrected chi connectivity index (χ0v) is 19.6. The number of methoxy groups -OCH3 is 1. The first kappa shape index (κ1) is 24.7. The second-order valence-corrected chi connectivity index (χ2v) is 8.72. The molecule has 2 aromatic carbocycles. The fourth-order valence-electron chi connectivity index (χ4n) is 4.60. The number of amides is 2. The van der Waals surface area contributed by atoms with Crippen LogP contribution in [0.5, 0.6) is 0 Å². The Morgan fingerprint density at radius 3 is 2.40 bits per heavy atom. The molecule has 0 spiro atoms. The van der Waals surface area contributed by atoms with Crippen LogP contribution in [-0.2, 0) is 23.8 Å². The molecular formula is C26H30N2O7. The molecule has 9 nitrogen and oxygen atoms in total. The molecule has 9 heteroatoms. The Morgan fingerprint density at radius 1 is 1.11 bits per heavy atom. The van der Waals surface area contributed by atoms with Crippen molar-refractivity contribution in [3.8, 4) is 11.1 Å². The minimum atomic E-state index is -0.995. The van der Waals surface area contributed by atoms with Crippen LogP contribution in [0.1, 0.15) is 23.5 Å². The molecule has 0 aromatic heterocycles. The van der Waals surface area contributed by atoms with Crippen LogP contribution in [0.25, 0.3) is 11.1 Å². The molecule has 1 aliphatic carbocycles. The number of aliphatic carboxylic acids is 1.